The number of hydrogen-bond acceptors (Lipinski definition) is 5. The van der Waals surface area contributed by atoms with Crippen LogP contribution in [-0.4, -0.2) is 5.84 Å². The zero-order valence-electron chi connectivity index (χ0n) is 27.7. The minimum atomic E-state index is -0.499. The molecule has 1 aliphatic carbocycles. The monoisotopic (exact) mass is 679 g/mol. The Bertz CT molecular complexity index is 2840. The van der Waals surface area contributed by atoms with Crippen molar-refractivity contribution >= 4 is 77.2 Å². The molecule has 9 aromatic rings. The van der Waals surface area contributed by atoms with Gasteiger partial charge in [0.1, 0.15) is 34.3 Å². The molecular weight excluding hydrogens is 647 g/mol. The number of aryl methyl sites for hydroxylation is 1. The number of hydrogen-bond donors (Lipinski definition) is 2. The molecule has 3 N–H and O–H groups in total. The second kappa shape index (κ2) is 12.1. The minimum absolute atomic E-state index is 0.499. The molecule has 3 heterocycles. The number of para-hydroxylation sites is 2. The van der Waals surface area contributed by atoms with Crippen LogP contribution in [0.3, 0.4) is 0 Å². The average molecular weight is 680 g/mol. The van der Waals surface area contributed by atoms with E-state index in [2.05, 4.69) is 108 Å². The number of aliphatic imine (C=N–C) groups is 1. The van der Waals surface area contributed by atoms with E-state index in [1.54, 1.807) is 0 Å². The van der Waals surface area contributed by atoms with Gasteiger partial charge >= 0.3 is 0 Å². The zero-order valence-corrected chi connectivity index (χ0v) is 28.5. The fraction of sp³-hybridized carbons (Fsp3) is 0.0889. The molecular formula is C45H33N3O2S. The third-order valence-electron chi connectivity index (χ3n) is 10.1. The van der Waals surface area contributed by atoms with Gasteiger partial charge in [0, 0.05) is 36.7 Å². The highest BCUT2D eigenvalue weighted by Gasteiger charge is 2.22. The molecule has 6 aromatic carbocycles. The van der Waals surface area contributed by atoms with Crippen molar-refractivity contribution in [1.29, 1.82) is 0 Å². The molecule has 1 aliphatic rings. The van der Waals surface area contributed by atoms with Crippen molar-refractivity contribution in [3.8, 4) is 11.1 Å². The summed E-state index contributed by atoms with van der Waals surface area (Å²) < 4.78 is 14.2. The van der Waals surface area contributed by atoms with Crippen molar-refractivity contribution in [2.24, 2.45) is 10.7 Å². The van der Waals surface area contributed by atoms with Crippen LogP contribution in [0.4, 0.5) is 0 Å². The Balaban J connectivity index is 1.05. The maximum absolute atomic E-state index is 7.04. The summed E-state index contributed by atoms with van der Waals surface area (Å²) in [5.41, 5.74) is 17.1. The molecule has 0 saturated heterocycles. The number of benzene rings is 6. The Morgan fingerprint density at radius 3 is 2.35 bits per heavy atom. The Kier molecular flexibility index (Phi) is 7.11. The fourth-order valence-electron chi connectivity index (χ4n) is 7.59. The Labute approximate surface area is 298 Å². The lowest BCUT2D eigenvalue weighted by Gasteiger charge is -2.22. The average Bonchev–Trinajstić information content (AvgIpc) is 3.87. The molecule has 0 radical (unpaired) electrons. The fourth-order valence-corrected chi connectivity index (χ4v) is 8.77. The molecule has 6 heteroatoms. The van der Waals surface area contributed by atoms with Gasteiger partial charge in [-0.2, -0.15) is 0 Å². The van der Waals surface area contributed by atoms with Gasteiger partial charge in [0.05, 0.1) is 6.54 Å². The molecule has 0 saturated carbocycles. The van der Waals surface area contributed by atoms with Crippen LogP contribution in [0.5, 0.6) is 0 Å². The van der Waals surface area contributed by atoms with Crippen molar-refractivity contribution in [2.75, 3.05) is 0 Å². The summed E-state index contributed by atoms with van der Waals surface area (Å²) >= 11 is 1.89. The van der Waals surface area contributed by atoms with Crippen LogP contribution < -0.4 is 11.1 Å². The molecule has 5 nitrogen and oxygen atoms in total. The molecule has 0 bridgehead atoms. The van der Waals surface area contributed by atoms with E-state index in [0.29, 0.717) is 6.54 Å². The number of rotatable bonds is 6. The Morgan fingerprint density at radius 1 is 0.686 bits per heavy atom. The lowest BCUT2D eigenvalue weighted by Crippen LogP contribution is -2.35. The van der Waals surface area contributed by atoms with Crippen molar-refractivity contribution in [3.05, 3.63) is 161 Å². The van der Waals surface area contributed by atoms with Crippen LogP contribution in [-0.2, 0) is 13.0 Å². The number of fused-ring (bicyclic) bond motifs is 9. The minimum Gasteiger partial charge on any atom is -0.456 e. The third-order valence-corrected chi connectivity index (χ3v) is 11.3. The normalized spacial score (nSPS) is 14.1. The van der Waals surface area contributed by atoms with Crippen molar-refractivity contribution in [2.45, 2.75) is 25.6 Å². The van der Waals surface area contributed by atoms with Crippen LogP contribution in [0, 0.1) is 0 Å². The molecule has 0 amide bonds. The summed E-state index contributed by atoms with van der Waals surface area (Å²) in [6.45, 7) is 0.562. The van der Waals surface area contributed by atoms with E-state index in [4.69, 9.17) is 19.6 Å². The lowest BCUT2D eigenvalue weighted by atomic mass is 9.95. The van der Waals surface area contributed by atoms with Gasteiger partial charge in [0.25, 0.3) is 0 Å². The van der Waals surface area contributed by atoms with Gasteiger partial charge in [-0.3, -0.25) is 4.99 Å². The van der Waals surface area contributed by atoms with Crippen LogP contribution >= 0.6 is 11.3 Å². The highest BCUT2D eigenvalue weighted by molar-refractivity contribution is 7.19. The van der Waals surface area contributed by atoms with E-state index in [-0.39, 0.29) is 0 Å². The van der Waals surface area contributed by atoms with Crippen LogP contribution in [0.2, 0.25) is 0 Å². The van der Waals surface area contributed by atoms with E-state index in [0.717, 1.165) is 84.8 Å². The number of nitrogens with one attached hydrogen (secondary N) is 1. The lowest BCUT2D eigenvalue weighted by molar-refractivity contribution is 0.664. The van der Waals surface area contributed by atoms with Gasteiger partial charge in [-0.1, -0.05) is 103 Å². The summed E-state index contributed by atoms with van der Waals surface area (Å²) in [5, 5.41) is 9.21. The maximum Gasteiger partial charge on any atom is 0.143 e. The molecule has 51 heavy (non-hydrogen) atoms. The summed E-state index contributed by atoms with van der Waals surface area (Å²) in [4.78, 5) is 6.58. The molecule has 0 spiro atoms. The van der Waals surface area contributed by atoms with Gasteiger partial charge < -0.3 is 19.9 Å². The van der Waals surface area contributed by atoms with Crippen LogP contribution in [0.1, 0.15) is 34.2 Å². The first kappa shape index (κ1) is 29.9. The standard InChI is InChI=1S/C45H33N3O2S/c46-44(48-45(47-26-27-10-2-1-3-11-27)29-21-23-41-35(25-29)31-13-5-7-19-40(31)51-41)28-20-22-38-36(24-28)42-32(14-9-18-39(42)49-38)34-16-8-15-33-30-12-4-6-17-37(30)50-43(33)34/h1-20,22,24-25,44H,21,23,26,46H2,(H,47,48). The van der Waals surface area contributed by atoms with Crippen molar-refractivity contribution < 1.29 is 8.83 Å². The Morgan fingerprint density at radius 2 is 1.43 bits per heavy atom. The first-order valence-corrected chi connectivity index (χ1v) is 18.2. The topological polar surface area (TPSA) is 76.7 Å². The quantitative estimate of drug-likeness (QED) is 0.104. The number of amidine groups is 1. The van der Waals surface area contributed by atoms with E-state index in [1.165, 1.54) is 26.1 Å². The molecule has 3 aromatic heterocycles. The molecule has 10 rings (SSSR count). The molecule has 0 aliphatic heterocycles. The van der Waals surface area contributed by atoms with Gasteiger partial charge in [0.15, 0.2) is 0 Å². The summed E-state index contributed by atoms with van der Waals surface area (Å²) in [7, 11) is 0. The van der Waals surface area contributed by atoms with E-state index >= 15 is 0 Å². The SMILES string of the molecule is NC(NC(=NCc1ccccc1)C1=Cc2c(sc3ccccc23)CC1)c1ccc2oc3cccc(-c4cccc5c4oc4ccccc45)c3c2c1. The third kappa shape index (κ3) is 5.14. The van der Waals surface area contributed by atoms with Crippen LogP contribution in [0.25, 0.3) is 71.2 Å². The van der Waals surface area contributed by atoms with Gasteiger partial charge in [-0.25, -0.2) is 0 Å². The van der Waals surface area contributed by atoms with Gasteiger partial charge in [0.2, 0.25) is 0 Å². The molecule has 0 fully saturated rings. The predicted molar refractivity (Wildman–Crippen MR) is 212 cm³/mol. The highest BCUT2D eigenvalue weighted by Crippen LogP contribution is 2.42. The summed E-state index contributed by atoms with van der Waals surface area (Å²) in [6, 6.07) is 46.1. The molecule has 1 atom stereocenters. The zero-order chi connectivity index (χ0) is 33.9. The predicted octanol–water partition coefficient (Wildman–Crippen LogP) is 11.5. The number of nitrogens with zero attached hydrogens (tertiary/aromatic N) is 1. The highest BCUT2D eigenvalue weighted by atomic mass is 32.1. The molecule has 1 unspecified atom stereocenters. The first-order chi connectivity index (χ1) is 25.2. The van der Waals surface area contributed by atoms with Crippen molar-refractivity contribution in [3.63, 3.8) is 0 Å². The van der Waals surface area contributed by atoms with E-state index < -0.39 is 6.17 Å². The van der Waals surface area contributed by atoms with E-state index in [9.17, 15) is 0 Å². The first-order valence-electron chi connectivity index (χ1n) is 17.4. The number of furan rings is 2. The van der Waals surface area contributed by atoms with Crippen molar-refractivity contribution in [1.82, 2.24) is 5.32 Å². The molecule has 246 valence electrons. The second-order valence-corrected chi connectivity index (χ2v) is 14.3. The van der Waals surface area contributed by atoms with Gasteiger partial charge in [-0.15, -0.1) is 11.3 Å². The number of thiophene rings is 1. The largest absolute Gasteiger partial charge is 0.456 e. The second-order valence-electron chi connectivity index (χ2n) is 13.2. The van der Waals surface area contributed by atoms with E-state index in [1.807, 2.05) is 47.7 Å². The summed E-state index contributed by atoms with van der Waals surface area (Å²) in [6.07, 6.45) is 3.70. The van der Waals surface area contributed by atoms with Crippen LogP contribution in [0.15, 0.2) is 153 Å². The van der Waals surface area contributed by atoms with Gasteiger partial charge in [-0.05, 0) is 82.5 Å². The number of nitrogens with two attached hydrogens (primary N) is 1. The maximum atomic E-state index is 7.04. The summed E-state index contributed by atoms with van der Waals surface area (Å²) in [5.74, 6) is 0.835. The Hall–Kier alpha value is -5.95. The smallest absolute Gasteiger partial charge is 0.143 e.